The number of aromatic nitrogens is 5. The minimum atomic E-state index is -0.402. The van der Waals surface area contributed by atoms with Gasteiger partial charge < -0.3 is 0 Å². The van der Waals surface area contributed by atoms with E-state index >= 15 is 0 Å². The van der Waals surface area contributed by atoms with Crippen molar-refractivity contribution in [3.8, 4) is 5.69 Å². The summed E-state index contributed by atoms with van der Waals surface area (Å²) in [5.74, 6) is 0.566. The highest BCUT2D eigenvalue weighted by atomic mass is 35.5. The van der Waals surface area contributed by atoms with Crippen molar-refractivity contribution in [3.63, 3.8) is 0 Å². The number of imidazole rings is 2. The summed E-state index contributed by atoms with van der Waals surface area (Å²) in [4.78, 5) is 29.4. The van der Waals surface area contributed by atoms with Gasteiger partial charge in [0.2, 0.25) is 5.78 Å². The minimum Gasteiger partial charge on any atom is -0.283 e. The Kier molecular flexibility index (Phi) is 3.20. The third kappa shape index (κ3) is 2.02. The molecule has 1 aromatic carbocycles. The molecule has 0 aliphatic heterocycles. The van der Waals surface area contributed by atoms with Crippen molar-refractivity contribution in [2.45, 2.75) is 13.8 Å². The molecule has 8 heteroatoms. The first kappa shape index (κ1) is 15.7. The van der Waals surface area contributed by atoms with E-state index in [0.29, 0.717) is 22.0 Å². The molecule has 3 aromatic heterocycles. The first-order chi connectivity index (χ1) is 11.8. The van der Waals surface area contributed by atoms with E-state index in [1.165, 1.54) is 11.6 Å². The molecule has 0 aliphatic rings. The van der Waals surface area contributed by atoms with Crippen LogP contribution in [0.15, 0.2) is 34.0 Å². The van der Waals surface area contributed by atoms with Crippen LogP contribution < -0.4 is 11.2 Å². The van der Waals surface area contributed by atoms with Crippen LogP contribution in [0, 0.1) is 13.8 Å². The maximum Gasteiger partial charge on any atom is 0.332 e. The number of fused-ring (bicyclic) bond motifs is 3. The maximum atomic E-state index is 12.6. The summed E-state index contributed by atoms with van der Waals surface area (Å²) in [6.07, 6.45) is 1.84. The summed E-state index contributed by atoms with van der Waals surface area (Å²) in [6, 6.07) is 5.63. The summed E-state index contributed by atoms with van der Waals surface area (Å²) in [5, 5.41) is 0.617. The molecule has 3 heterocycles. The molecule has 0 N–H and O–H groups in total. The fourth-order valence-electron chi connectivity index (χ4n) is 3.21. The Labute approximate surface area is 147 Å². The third-order valence-electron chi connectivity index (χ3n) is 4.55. The lowest BCUT2D eigenvalue weighted by molar-refractivity contribution is 0.708. The van der Waals surface area contributed by atoms with Gasteiger partial charge in [0.25, 0.3) is 5.56 Å². The highest BCUT2D eigenvalue weighted by molar-refractivity contribution is 6.30. The molecule has 0 spiro atoms. The molecule has 0 bridgehead atoms. The first-order valence-corrected chi connectivity index (χ1v) is 8.11. The van der Waals surface area contributed by atoms with Gasteiger partial charge in [0, 0.05) is 31.0 Å². The van der Waals surface area contributed by atoms with Crippen LogP contribution in [0.3, 0.4) is 0 Å². The summed E-state index contributed by atoms with van der Waals surface area (Å²) in [5.41, 5.74) is 2.78. The van der Waals surface area contributed by atoms with Crippen molar-refractivity contribution in [1.82, 2.24) is 23.1 Å². The SMILES string of the molecule is Cc1ccc(Cl)cc1-n1c(C)cn2c3c(=O)n(C)c(=O)n(C)c3nc12. The predicted octanol–water partition coefficient (Wildman–Crippen LogP) is 1.95. The van der Waals surface area contributed by atoms with E-state index in [9.17, 15) is 9.59 Å². The van der Waals surface area contributed by atoms with Crippen molar-refractivity contribution in [3.05, 3.63) is 61.5 Å². The molecular formula is C17H16ClN5O2. The summed E-state index contributed by atoms with van der Waals surface area (Å²) in [7, 11) is 3.08. The molecule has 0 saturated heterocycles. The van der Waals surface area contributed by atoms with Crippen LogP contribution in [-0.4, -0.2) is 23.1 Å². The molecular weight excluding hydrogens is 342 g/mol. The Bertz CT molecular complexity index is 1290. The molecule has 128 valence electrons. The molecule has 0 aliphatic carbocycles. The largest absolute Gasteiger partial charge is 0.332 e. The Morgan fingerprint density at radius 3 is 2.52 bits per heavy atom. The van der Waals surface area contributed by atoms with Gasteiger partial charge in [-0.3, -0.25) is 22.9 Å². The van der Waals surface area contributed by atoms with Gasteiger partial charge in [-0.25, -0.2) is 4.79 Å². The highest BCUT2D eigenvalue weighted by Gasteiger charge is 2.20. The number of aryl methyl sites for hydroxylation is 3. The molecule has 0 fully saturated rings. The van der Waals surface area contributed by atoms with Gasteiger partial charge in [0.05, 0.1) is 5.69 Å². The zero-order chi connectivity index (χ0) is 18.0. The number of hydrogen-bond donors (Lipinski definition) is 0. The van der Waals surface area contributed by atoms with E-state index in [4.69, 9.17) is 11.6 Å². The van der Waals surface area contributed by atoms with Crippen molar-refractivity contribution in [2.24, 2.45) is 14.1 Å². The van der Waals surface area contributed by atoms with E-state index in [2.05, 4.69) is 4.98 Å². The molecule has 0 radical (unpaired) electrons. The number of benzene rings is 1. The van der Waals surface area contributed by atoms with Crippen LogP contribution in [-0.2, 0) is 14.1 Å². The summed E-state index contributed by atoms with van der Waals surface area (Å²) >= 11 is 6.17. The molecule has 0 saturated carbocycles. The molecule has 4 rings (SSSR count). The van der Waals surface area contributed by atoms with Crippen LogP contribution in [0.5, 0.6) is 0 Å². The van der Waals surface area contributed by atoms with Crippen molar-refractivity contribution in [2.75, 3.05) is 0 Å². The molecule has 0 unspecified atom stereocenters. The lowest BCUT2D eigenvalue weighted by Crippen LogP contribution is -2.37. The molecule has 4 aromatic rings. The molecule has 25 heavy (non-hydrogen) atoms. The predicted molar refractivity (Wildman–Crippen MR) is 97.0 cm³/mol. The molecule has 0 atom stereocenters. The van der Waals surface area contributed by atoms with E-state index in [-0.39, 0.29) is 5.56 Å². The maximum absolute atomic E-state index is 12.6. The lowest BCUT2D eigenvalue weighted by atomic mass is 10.2. The van der Waals surface area contributed by atoms with Crippen molar-refractivity contribution in [1.29, 1.82) is 0 Å². The quantitative estimate of drug-likeness (QED) is 0.523. The summed E-state index contributed by atoms with van der Waals surface area (Å²) in [6.45, 7) is 3.92. The van der Waals surface area contributed by atoms with Crippen molar-refractivity contribution < 1.29 is 0 Å². The van der Waals surface area contributed by atoms with E-state index in [1.54, 1.807) is 11.4 Å². The van der Waals surface area contributed by atoms with Gasteiger partial charge in [-0.2, -0.15) is 4.98 Å². The van der Waals surface area contributed by atoms with E-state index in [1.807, 2.05) is 42.8 Å². The smallest absolute Gasteiger partial charge is 0.283 e. The zero-order valence-corrected chi connectivity index (χ0v) is 15.0. The average molecular weight is 358 g/mol. The lowest BCUT2D eigenvalue weighted by Gasteiger charge is -2.10. The Morgan fingerprint density at radius 1 is 1.08 bits per heavy atom. The second-order valence-corrected chi connectivity index (χ2v) is 6.63. The van der Waals surface area contributed by atoms with E-state index < -0.39 is 5.69 Å². The molecule has 7 nitrogen and oxygen atoms in total. The molecule has 0 amide bonds. The van der Waals surface area contributed by atoms with Gasteiger partial charge in [0.1, 0.15) is 0 Å². The number of hydrogen-bond acceptors (Lipinski definition) is 3. The first-order valence-electron chi connectivity index (χ1n) is 7.74. The summed E-state index contributed by atoms with van der Waals surface area (Å²) < 4.78 is 6.14. The van der Waals surface area contributed by atoms with Gasteiger partial charge in [-0.05, 0) is 31.5 Å². The monoisotopic (exact) mass is 357 g/mol. The Morgan fingerprint density at radius 2 is 1.80 bits per heavy atom. The zero-order valence-electron chi connectivity index (χ0n) is 14.2. The van der Waals surface area contributed by atoms with Crippen LogP contribution >= 0.6 is 11.6 Å². The highest BCUT2D eigenvalue weighted by Crippen LogP contribution is 2.25. The van der Waals surface area contributed by atoms with Gasteiger partial charge in [0.15, 0.2) is 11.2 Å². The fraction of sp³-hybridized carbons (Fsp3) is 0.235. The second kappa shape index (κ2) is 5.10. The standard InChI is InChI=1S/C17H16ClN5O2/c1-9-5-6-11(18)7-12(9)23-10(2)8-22-13-14(19-16(22)23)20(3)17(25)21(4)15(13)24/h5-8H,1-4H3. The van der Waals surface area contributed by atoms with Gasteiger partial charge in [-0.1, -0.05) is 17.7 Å². The van der Waals surface area contributed by atoms with Crippen LogP contribution in [0.4, 0.5) is 0 Å². The number of rotatable bonds is 1. The minimum absolute atomic E-state index is 0.358. The van der Waals surface area contributed by atoms with E-state index in [0.717, 1.165) is 21.5 Å². The average Bonchev–Trinajstić information content (AvgIpc) is 3.08. The topological polar surface area (TPSA) is 66.2 Å². The Hall–Kier alpha value is -2.80. The fourth-order valence-corrected chi connectivity index (χ4v) is 3.37. The number of nitrogens with zero attached hydrogens (tertiary/aromatic N) is 5. The van der Waals surface area contributed by atoms with Crippen LogP contribution in [0.2, 0.25) is 5.02 Å². The van der Waals surface area contributed by atoms with Crippen LogP contribution in [0.1, 0.15) is 11.3 Å². The number of halogens is 1. The van der Waals surface area contributed by atoms with Gasteiger partial charge in [-0.15, -0.1) is 0 Å². The third-order valence-corrected chi connectivity index (χ3v) is 4.79. The Balaban J connectivity index is 2.22. The van der Waals surface area contributed by atoms with Crippen LogP contribution in [0.25, 0.3) is 22.6 Å². The van der Waals surface area contributed by atoms with Crippen molar-refractivity contribution >= 4 is 28.5 Å². The van der Waals surface area contributed by atoms with Gasteiger partial charge >= 0.3 is 5.69 Å². The second-order valence-electron chi connectivity index (χ2n) is 6.20. The normalized spacial score (nSPS) is 11.7.